The molecule has 3 atom stereocenters. The maximum atomic E-state index is 10.1. The average molecular weight is 200 g/mol. The van der Waals surface area contributed by atoms with Crippen molar-refractivity contribution in [1.82, 2.24) is 0 Å². The molecular weight excluding hydrogens is 176 g/mol. The molecule has 1 rings (SSSR count). The van der Waals surface area contributed by atoms with E-state index >= 15 is 0 Å². The van der Waals surface area contributed by atoms with Crippen LogP contribution in [0.1, 0.15) is 52.9 Å². The molecule has 0 aromatic heterocycles. The van der Waals surface area contributed by atoms with Crippen LogP contribution >= 0.6 is 0 Å². The molecule has 0 spiro atoms. The first-order chi connectivity index (χ1) is 6.46. The highest BCUT2D eigenvalue weighted by molar-refractivity contribution is 4.88. The first-order valence-electron chi connectivity index (χ1n) is 5.87. The summed E-state index contributed by atoms with van der Waals surface area (Å²) in [5.41, 5.74) is -0.949. The van der Waals surface area contributed by atoms with Crippen LogP contribution in [-0.2, 0) is 0 Å². The van der Waals surface area contributed by atoms with E-state index in [1.54, 1.807) is 13.8 Å². The van der Waals surface area contributed by atoms with E-state index in [1.807, 2.05) is 0 Å². The van der Waals surface area contributed by atoms with Gasteiger partial charge in [0.1, 0.15) is 0 Å². The molecule has 0 bridgehead atoms. The van der Waals surface area contributed by atoms with Crippen LogP contribution in [0.5, 0.6) is 0 Å². The fraction of sp³-hybridized carbons (Fsp3) is 1.00. The summed E-state index contributed by atoms with van der Waals surface area (Å²) in [4.78, 5) is 0. The Morgan fingerprint density at radius 2 is 1.86 bits per heavy atom. The Labute approximate surface area is 87.3 Å². The van der Waals surface area contributed by atoms with Crippen LogP contribution in [0.2, 0.25) is 0 Å². The molecule has 3 unspecified atom stereocenters. The Morgan fingerprint density at radius 1 is 1.29 bits per heavy atom. The van der Waals surface area contributed by atoms with Crippen molar-refractivity contribution in [2.24, 2.45) is 11.8 Å². The Hall–Kier alpha value is -0.0800. The molecule has 0 aliphatic heterocycles. The van der Waals surface area contributed by atoms with Crippen molar-refractivity contribution >= 4 is 0 Å². The van der Waals surface area contributed by atoms with Crippen LogP contribution in [0.25, 0.3) is 0 Å². The van der Waals surface area contributed by atoms with Gasteiger partial charge in [-0.1, -0.05) is 32.6 Å². The van der Waals surface area contributed by atoms with E-state index in [1.165, 1.54) is 19.3 Å². The van der Waals surface area contributed by atoms with Gasteiger partial charge in [0, 0.05) is 0 Å². The third kappa shape index (κ3) is 2.71. The van der Waals surface area contributed by atoms with Crippen molar-refractivity contribution in [1.29, 1.82) is 0 Å². The van der Waals surface area contributed by atoms with E-state index in [9.17, 15) is 10.2 Å². The highest BCUT2D eigenvalue weighted by Gasteiger charge is 2.37. The zero-order valence-corrected chi connectivity index (χ0v) is 9.66. The molecule has 14 heavy (non-hydrogen) atoms. The van der Waals surface area contributed by atoms with Gasteiger partial charge in [0.2, 0.25) is 0 Å². The van der Waals surface area contributed by atoms with Crippen LogP contribution in [-0.4, -0.2) is 21.9 Å². The van der Waals surface area contributed by atoms with Crippen LogP contribution in [0.15, 0.2) is 0 Å². The van der Waals surface area contributed by atoms with Gasteiger partial charge < -0.3 is 10.2 Å². The lowest BCUT2D eigenvalue weighted by Crippen LogP contribution is -2.45. The fourth-order valence-electron chi connectivity index (χ4n) is 2.68. The minimum atomic E-state index is -0.949. The maximum Gasteiger partial charge on any atom is 0.0852 e. The lowest BCUT2D eigenvalue weighted by molar-refractivity contribution is -0.0967. The summed E-state index contributed by atoms with van der Waals surface area (Å²) in [5, 5.41) is 19.9. The zero-order valence-electron chi connectivity index (χ0n) is 9.66. The monoisotopic (exact) mass is 200 g/mol. The van der Waals surface area contributed by atoms with E-state index in [4.69, 9.17) is 0 Å². The van der Waals surface area contributed by atoms with Crippen molar-refractivity contribution in [2.45, 2.75) is 64.6 Å². The molecule has 0 heterocycles. The first-order valence-corrected chi connectivity index (χ1v) is 5.87. The third-order valence-electron chi connectivity index (χ3n) is 3.62. The quantitative estimate of drug-likeness (QED) is 0.734. The van der Waals surface area contributed by atoms with E-state index in [0.29, 0.717) is 11.8 Å². The summed E-state index contributed by atoms with van der Waals surface area (Å²) >= 11 is 0. The molecule has 2 nitrogen and oxygen atoms in total. The minimum absolute atomic E-state index is 0.300. The number of hydrogen-bond acceptors (Lipinski definition) is 2. The van der Waals surface area contributed by atoms with Crippen LogP contribution < -0.4 is 0 Å². The van der Waals surface area contributed by atoms with Gasteiger partial charge in [-0.25, -0.2) is 0 Å². The van der Waals surface area contributed by atoms with E-state index in [2.05, 4.69) is 6.92 Å². The van der Waals surface area contributed by atoms with E-state index in [0.717, 1.165) is 12.8 Å². The number of rotatable bonds is 3. The molecule has 0 radical (unpaired) electrons. The molecule has 0 aromatic rings. The Balaban J connectivity index is 2.63. The van der Waals surface area contributed by atoms with Crippen LogP contribution in [0.3, 0.4) is 0 Å². The number of aliphatic hydroxyl groups is 2. The molecule has 1 saturated carbocycles. The Morgan fingerprint density at radius 3 is 2.36 bits per heavy atom. The lowest BCUT2D eigenvalue weighted by atomic mass is 9.71. The van der Waals surface area contributed by atoms with Gasteiger partial charge >= 0.3 is 0 Å². The Bertz CT molecular complexity index is 172. The summed E-state index contributed by atoms with van der Waals surface area (Å²) in [5.74, 6) is 0.902. The predicted molar refractivity (Wildman–Crippen MR) is 58.0 cm³/mol. The highest BCUT2D eigenvalue weighted by Crippen LogP contribution is 2.37. The second-order valence-corrected chi connectivity index (χ2v) is 5.22. The molecule has 1 aliphatic rings. The largest absolute Gasteiger partial charge is 0.390 e. The smallest absolute Gasteiger partial charge is 0.0852 e. The minimum Gasteiger partial charge on any atom is -0.390 e. The molecule has 2 N–H and O–H groups in total. The molecule has 1 aliphatic carbocycles. The van der Waals surface area contributed by atoms with Crippen molar-refractivity contribution < 1.29 is 10.2 Å². The molecule has 0 saturated heterocycles. The van der Waals surface area contributed by atoms with Gasteiger partial charge in [0.15, 0.2) is 0 Å². The Kier molecular flexibility index (Phi) is 3.96. The molecule has 0 amide bonds. The summed E-state index contributed by atoms with van der Waals surface area (Å²) in [7, 11) is 0. The SMILES string of the molecule is CCC1CCCCC1C(O)C(C)(C)O. The van der Waals surface area contributed by atoms with E-state index in [-0.39, 0.29) is 0 Å². The van der Waals surface area contributed by atoms with Crippen LogP contribution in [0, 0.1) is 11.8 Å². The summed E-state index contributed by atoms with van der Waals surface area (Å²) in [6.07, 6.45) is 5.34. The third-order valence-corrected chi connectivity index (χ3v) is 3.62. The second kappa shape index (κ2) is 4.63. The normalized spacial score (nSPS) is 31.5. The van der Waals surface area contributed by atoms with Gasteiger partial charge in [-0.05, 0) is 32.1 Å². The maximum absolute atomic E-state index is 10.1. The number of hydrogen-bond donors (Lipinski definition) is 2. The van der Waals surface area contributed by atoms with Crippen molar-refractivity contribution in [3.63, 3.8) is 0 Å². The highest BCUT2D eigenvalue weighted by atomic mass is 16.3. The van der Waals surface area contributed by atoms with Crippen LogP contribution in [0.4, 0.5) is 0 Å². The zero-order chi connectivity index (χ0) is 10.8. The molecular formula is C12H24O2. The topological polar surface area (TPSA) is 40.5 Å². The summed E-state index contributed by atoms with van der Waals surface area (Å²) in [6, 6.07) is 0. The van der Waals surface area contributed by atoms with Gasteiger partial charge in [-0.3, -0.25) is 0 Å². The fourth-order valence-corrected chi connectivity index (χ4v) is 2.68. The predicted octanol–water partition coefficient (Wildman–Crippen LogP) is 2.33. The van der Waals surface area contributed by atoms with Crippen molar-refractivity contribution in [3.8, 4) is 0 Å². The van der Waals surface area contributed by atoms with Gasteiger partial charge in [0.25, 0.3) is 0 Å². The van der Waals surface area contributed by atoms with E-state index < -0.39 is 11.7 Å². The standard InChI is InChI=1S/C12H24O2/c1-4-9-7-5-6-8-10(9)11(13)12(2,3)14/h9-11,13-14H,4-8H2,1-3H3. The summed E-state index contributed by atoms with van der Waals surface area (Å²) in [6.45, 7) is 5.60. The molecule has 1 fully saturated rings. The second-order valence-electron chi connectivity index (χ2n) is 5.22. The van der Waals surface area contributed by atoms with Crippen molar-refractivity contribution in [2.75, 3.05) is 0 Å². The first kappa shape index (κ1) is 12.0. The van der Waals surface area contributed by atoms with Gasteiger partial charge in [-0.2, -0.15) is 0 Å². The molecule has 2 heteroatoms. The molecule has 84 valence electrons. The lowest BCUT2D eigenvalue weighted by Gasteiger charge is -2.39. The van der Waals surface area contributed by atoms with Gasteiger partial charge in [-0.15, -0.1) is 0 Å². The summed E-state index contributed by atoms with van der Waals surface area (Å²) < 4.78 is 0. The van der Waals surface area contributed by atoms with Gasteiger partial charge in [0.05, 0.1) is 11.7 Å². The number of aliphatic hydroxyl groups excluding tert-OH is 1. The molecule has 0 aromatic carbocycles. The average Bonchev–Trinajstić information content (AvgIpc) is 2.15. The van der Waals surface area contributed by atoms with Crippen molar-refractivity contribution in [3.05, 3.63) is 0 Å².